The zero-order valence-electron chi connectivity index (χ0n) is 12.0. The highest BCUT2D eigenvalue weighted by Crippen LogP contribution is 2.26. The Morgan fingerprint density at radius 1 is 1.42 bits per heavy atom. The van der Waals surface area contributed by atoms with Gasteiger partial charge in [0.1, 0.15) is 0 Å². The van der Waals surface area contributed by atoms with Crippen molar-refractivity contribution in [2.45, 2.75) is 38.0 Å². The maximum absolute atomic E-state index is 14.0. The number of hydrazine groups is 1. The van der Waals surface area contributed by atoms with Crippen molar-refractivity contribution in [3.05, 3.63) is 29.6 Å². The van der Waals surface area contributed by atoms with Crippen LogP contribution in [0, 0.1) is 5.82 Å². The van der Waals surface area contributed by atoms with Gasteiger partial charge in [-0.05, 0) is 18.1 Å². The summed E-state index contributed by atoms with van der Waals surface area (Å²) in [5.74, 6) is 6.36. The summed E-state index contributed by atoms with van der Waals surface area (Å²) in [4.78, 5) is 0. The predicted molar refractivity (Wildman–Crippen MR) is 80.0 cm³/mol. The van der Waals surface area contributed by atoms with Crippen LogP contribution in [0.1, 0.15) is 26.3 Å². The number of hydrogen-bond donors (Lipinski definition) is 2. The largest absolute Gasteiger partial charge is 0.494 e. The van der Waals surface area contributed by atoms with Crippen LogP contribution in [0.15, 0.2) is 18.2 Å². The third-order valence-corrected chi connectivity index (χ3v) is 4.12. The molecule has 0 aliphatic heterocycles. The lowest BCUT2D eigenvalue weighted by molar-refractivity contribution is 0.383. The third-order valence-electron chi connectivity index (χ3n) is 2.68. The summed E-state index contributed by atoms with van der Waals surface area (Å²) in [6, 6.07) is 5.21. The van der Waals surface area contributed by atoms with E-state index < -0.39 is 0 Å². The Morgan fingerprint density at radius 2 is 2.11 bits per heavy atom. The number of thioether (sulfide) groups is 1. The van der Waals surface area contributed by atoms with Gasteiger partial charge in [-0.2, -0.15) is 11.8 Å². The Labute approximate surface area is 119 Å². The number of nitrogens with one attached hydrogen (secondary N) is 1. The van der Waals surface area contributed by atoms with Crippen LogP contribution in [-0.4, -0.2) is 23.7 Å². The monoisotopic (exact) mass is 286 g/mol. The summed E-state index contributed by atoms with van der Waals surface area (Å²) in [7, 11) is 1.47. The summed E-state index contributed by atoms with van der Waals surface area (Å²) >= 11 is 1.81. The van der Waals surface area contributed by atoms with Gasteiger partial charge in [0.15, 0.2) is 11.6 Å². The van der Waals surface area contributed by atoms with Gasteiger partial charge in [0, 0.05) is 16.5 Å². The Morgan fingerprint density at radius 3 is 2.63 bits per heavy atom. The van der Waals surface area contributed by atoms with E-state index in [9.17, 15) is 4.39 Å². The van der Waals surface area contributed by atoms with Crippen LogP contribution in [0.3, 0.4) is 0 Å². The molecule has 1 unspecified atom stereocenters. The van der Waals surface area contributed by atoms with E-state index in [1.165, 1.54) is 7.11 Å². The Hall–Kier alpha value is -0.780. The highest BCUT2D eigenvalue weighted by molar-refractivity contribution is 8.00. The van der Waals surface area contributed by atoms with Gasteiger partial charge in [0.2, 0.25) is 0 Å². The van der Waals surface area contributed by atoms with E-state index in [4.69, 9.17) is 10.6 Å². The second-order valence-electron chi connectivity index (χ2n) is 5.42. The summed E-state index contributed by atoms with van der Waals surface area (Å²) < 4.78 is 19.2. The van der Waals surface area contributed by atoms with Gasteiger partial charge in [-0.25, -0.2) is 4.39 Å². The average molecular weight is 286 g/mol. The maximum atomic E-state index is 14.0. The van der Waals surface area contributed by atoms with Crippen LogP contribution in [-0.2, 0) is 6.42 Å². The molecule has 1 aromatic rings. The summed E-state index contributed by atoms with van der Waals surface area (Å²) in [6.07, 6.45) is 0.544. The summed E-state index contributed by atoms with van der Waals surface area (Å²) in [6.45, 7) is 6.45. The molecule has 5 heteroatoms. The molecule has 0 aliphatic carbocycles. The van der Waals surface area contributed by atoms with E-state index in [2.05, 4.69) is 26.2 Å². The standard InChI is InChI=1S/C14H23FN2OS/c1-14(2,3)19-9-11(17-16)8-10-6-5-7-12(18-4)13(10)15/h5-7,11,17H,8-9,16H2,1-4H3. The molecule has 0 bridgehead atoms. The van der Waals surface area contributed by atoms with Crippen LogP contribution >= 0.6 is 11.8 Å². The second kappa shape index (κ2) is 7.12. The molecule has 108 valence electrons. The van der Waals surface area contributed by atoms with Gasteiger partial charge in [-0.15, -0.1) is 0 Å². The number of methoxy groups -OCH3 is 1. The summed E-state index contributed by atoms with van der Waals surface area (Å²) in [5.41, 5.74) is 3.38. The highest BCUT2D eigenvalue weighted by Gasteiger charge is 2.17. The van der Waals surface area contributed by atoms with Crippen molar-refractivity contribution in [3.63, 3.8) is 0 Å². The first kappa shape index (κ1) is 16.3. The van der Waals surface area contributed by atoms with E-state index in [-0.39, 0.29) is 22.4 Å². The van der Waals surface area contributed by atoms with Gasteiger partial charge in [0.25, 0.3) is 0 Å². The minimum Gasteiger partial charge on any atom is -0.494 e. The molecule has 0 saturated carbocycles. The lowest BCUT2D eigenvalue weighted by atomic mass is 10.1. The first-order valence-electron chi connectivity index (χ1n) is 6.29. The predicted octanol–water partition coefficient (Wildman–Crippen LogP) is 2.74. The van der Waals surface area contributed by atoms with Crippen LogP contribution in [0.5, 0.6) is 5.75 Å². The van der Waals surface area contributed by atoms with E-state index in [1.807, 2.05) is 0 Å². The van der Waals surface area contributed by atoms with Gasteiger partial charge in [-0.3, -0.25) is 11.3 Å². The van der Waals surface area contributed by atoms with Crippen LogP contribution in [0.2, 0.25) is 0 Å². The van der Waals surface area contributed by atoms with E-state index in [0.717, 1.165) is 5.75 Å². The second-order valence-corrected chi connectivity index (χ2v) is 7.27. The quantitative estimate of drug-likeness (QED) is 0.623. The zero-order chi connectivity index (χ0) is 14.5. The molecule has 0 heterocycles. The topological polar surface area (TPSA) is 47.3 Å². The molecule has 0 saturated heterocycles. The fraction of sp³-hybridized carbons (Fsp3) is 0.571. The Balaban J connectivity index is 2.70. The molecule has 0 amide bonds. The van der Waals surface area contributed by atoms with Gasteiger partial charge >= 0.3 is 0 Å². The highest BCUT2D eigenvalue weighted by atomic mass is 32.2. The van der Waals surface area contributed by atoms with Gasteiger partial charge in [-0.1, -0.05) is 32.9 Å². The zero-order valence-corrected chi connectivity index (χ0v) is 12.8. The molecular weight excluding hydrogens is 263 g/mol. The van der Waals surface area contributed by atoms with Crippen LogP contribution < -0.4 is 16.0 Å². The normalized spacial score (nSPS) is 13.4. The first-order chi connectivity index (χ1) is 8.87. The average Bonchev–Trinajstić information content (AvgIpc) is 2.35. The van der Waals surface area contributed by atoms with Crippen molar-refractivity contribution in [1.82, 2.24) is 5.43 Å². The van der Waals surface area contributed by atoms with Crippen LogP contribution in [0.4, 0.5) is 4.39 Å². The molecule has 0 spiro atoms. The number of rotatable bonds is 6. The molecule has 0 fully saturated rings. The van der Waals surface area contributed by atoms with Crippen molar-refractivity contribution in [2.75, 3.05) is 12.9 Å². The molecule has 3 N–H and O–H groups in total. The molecule has 1 aromatic carbocycles. The lowest BCUT2D eigenvalue weighted by Gasteiger charge is -2.22. The molecule has 0 radical (unpaired) electrons. The number of hydrogen-bond acceptors (Lipinski definition) is 4. The summed E-state index contributed by atoms with van der Waals surface area (Å²) in [5, 5.41) is 0. The van der Waals surface area contributed by atoms with Crippen molar-refractivity contribution in [1.29, 1.82) is 0 Å². The van der Waals surface area contributed by atoms with Crippen LogP contribution in [0.25, 0.3) is 0 Å². The third kappa shape index (κ3) is 5.38. The van der Waals surface area contributed by atoms with Crippen molar-refractivity contribution >= 4 is 11.8 Å². The van der Waals surface area contributed by atoms with Crippen molar-refractivity contribution in [3.8, 4) is 5.75 Å². The lowest BCUT2D eigenvalue weighted by Crippen LogP contribution is -2.39. The fourth-order valence-electron chi connectivity index (χ4n) is 1.65. The molecule has 3 nitrogen and oxygen atoms in total. The van der Waals surface area contributed by atoms with E-state index in [0.29, 0.717) is 12.0 Å². The van der Waals surface area contributed by atoms with Gasteiger partial charge < -0.3 is 4.74 Å². The Kier molecular flexibility index (Phi) is 6.10. The number of ether oxygens (including phenoxy) is 1. The molecule has 19 heavy (non-hydrogen) atoms. The van der Waals surface area contributed by atoms with Crippen molar-refractivity contribution < 1.29 is 9.13 Å². The van der Waals surface area contributed by atoms with E-state index >= 15 is 0 Å². The fourth-order valence-corrected chi connectivity index (χ4v) is 2.57. The number of halogens is 1. The molecular formula is C14H23FN2OS. The Bertz CT molecular complexity index is 407. The maximum Gasteiger partial charge on any atom is 0.168 e. The van der Waals surface area contributed by atoms with Crippen molar-refractivity contribution in [2.24, 2.45) is 5.84 Å². The number of nitrogens with two attached hydrogens (primary N) is 1. The number of benzene rings is 1. The molecule has 0 aliphatic rings. The molecule has 1 atom stereocenters. The minimum atomic E-state index is -0.300. The molecule has 1 rings (SSSR count). The minimum absolute atomic E-state index is 0.0332. The van der Waals surface area contributed by atoms with E-state index in [1.54, 1.807) is 30.0 Å². The smallest absolute Gasteiger partial charge is 0.168 e. The van der Waals surface area contributed by atoms with Gasteiger partial charge in [0.05, 0.1) is 7.11 Å². The first-order valence-corrected chi connectivity index (χ1v) is 7.27. The molecule has 0 aromatic heterocycles. The SMILES string of the molecule is COc1cccc(CC(CSC(C)(C)C)NN)c1F.